The zero-order chi connectivity index (χ0) is 23.8. The molecular weight excluding hydrogens is 436 g/mol. The maximum Gasteiger partial charge on any atom is 0.253 e. The highest BCUT2D eigenvalue weighted by Gasteiger charge is 2.26. The molecule has 0 aliphatic heterocycles. The number of aliphatic hydroxyl groups is 1. The predicted octanol–water partition coefficient (Wildman–Crippen LogP) is 4.47. The van der Waals surface area contributed by atoms with E-state index in [1.165, 1.54) is 36.9 Å². The fourth-order valence-corrected chi connectivity index (χ4v) is 4.20. The van der Waals surface area contributed by atoms with Gasteiger partial charge in [-0.05, 0) is 44.2 Å². The molecule has 0 aliphatic rings. The average molecular weight is 460 g/mol. The van der Waals surface area contributed by atoms with Crippen LogP contribution in [-0.4, -0.2) is 35.9 Å². The SMILES string of the molecule is CN(C)C(=O)c1ccc(Nc2sc(-c3ccc(C(C)(C)O)c(F)c3F)cc2C(N)=O)cc1. The number of nitrogens with one attached hydrogen (secondary N) is 1. The van der Waals surface area contributed by atoms with Gasteiger partial charge in [0.15, 0.2) is 11.6 Å². The minimum atomic E-state index is -1.55. The molecule has 0 spiro atoms. The number of hydrogen-bond acceptors (Lipinski definition) is 5. The molecule has 168 valence electrons. The van der Waals surface area contributed by atoms with Crippen molar-refractivity contribution in [2.24, 2.45) is 5.73 Å². The third kappa shape index (κ3) is 4.63. The molecule has 2 aromatic carbocycles. The maximum atomic E-state index is 14.8. The van der Waals surface area contributed by atoms with Crippen LogP contribution in [0, 0.1) is 11.6 Å². The van der Waals surface area contributed by atoms with E-state index in [1.807, 2.05) is 0 Å². The normalized spacial score (nSPS) is 11.3. The Labute approximate surface area is 188 Å². The van der Waals surface area contributed by atoms with Gasteiger partial charge in [0, 0.05) is 41.4 Å². The van der Waals surface area contributed by atoms with Crippen LogP contribution in [0.15, 0.2) is 42.5 Å². The number of rotatable bonds is 6. The Hall–Kier alpha value is -3.30. The molecule has 32 heavy (non-hydrogen) atoms. The fraction of sp³-hybridized carbons (Fsp3) is 0.217. The lowest BCUT2D eigenvalue weighted by Gasteiger charge is -2.19. The zero-order valence-corrected chi connectivity index (χ0v) is 18.8. The summed E-state index contributed by atoms with van der Waals surface area (Å²) in [6.45, 7) is 2.72. The summed E-state index contributed by atoms with van der Waals surface area (Å²) in [6, 6.07) is 10.7. The van der Waals surface area contributed by atoms with Gasteiger partial charge in [-0.25, -0.2) is 8.78 Å². The number of nitrogens with zero attached hydrogens (tertiary/aromatic N) is 1. The fourth-order valence-electron chi connectivity index (χ4n) is 3.10. The number of thiophene rings is 1. The molecule has 0 aliphatic carbocycles. The number of anilines is 2. The third-order valence-corrected chi connectivity index (χ3v) is 5.88. The van der Waals surface area contributed by atoms with Crippen LogP contribution in [-0.2, 0) is 5.60 Å². The number of carbonyl (C=O) groups excluding carboxylic acids is 2. The van der Waals surface area contributed by atoms with Gasteiger partial charge < -0.3 is 21.1 Å². The van der Waals surface area contributed by atoms with Gasteiger partial charge in [0.1, 0.15) is 5.00 Å². The summed E-state index contributed by atoms with van der Waals surface area (Å²) in [4.78, 5) is 25.7. The summed E-state index contributed by atoms with van der Waals surface area (Å²) in [5, 5.41) is 13.4. The topological polar surface area (TPSA) is 95.7 Å². The molecule has 2 amide bonds. The highest BCUT2D eigenvalue weighted by Crippen LogP contribution is 2.39. The second kappa shape index (κ2) is 8.68. The number of nitrogens with two attached hydrogens (primary N) is 1. The van der Waals surface area contributed by atoms with Crippen molar-refractivity contribution in [3.63, 3.8) is 0 Å². The molecule has 3 aromatic rings. The van der Waals surface area contributed by atoms with E-state index in [2.05, 4.69) is 5.32 Å². The first kappa shape index (κ1) is 23.4. The van der Waals surface area contributed by atoms with Crippen molar-refractivity contribution in [3.05, 3.63) is 70.8 Å². The summed E-state index contributed by atoms with van der Waals surface area (Å²) < 4.78 is 29.3. The lowest BCUT2D eigenvalue weighted by molar-refractivity contribution is 0.0737. The molecule has 0 fully saturated rings. The van der Waals surface area contributed by atoms with Crippen molar-refractivity contribution < 1.29 is 23.5 Å². The zero-order valence-electron chi connectivity index (χ0n) is 18.0. The van der Waals surface area contributed by atoms with Gasteiger partial charge in [0.2, 0.25) is 0 Å². The number of primary amides is 1. The average Bonchev–Trinajstić information content (AvgIpc) is 3.12. The van der Waals surface area contributed by atoms with Gasteiger partial charge >= 0.3 is 0 Å². The first-order valence-corrected chi connectivity index (χ1v) is 10.5. The highest BCUT2D eigenvalue weighted by atomic mass is 32.1. The molecule has 3 rings (SSSR count). The van der Waals surface area contributed by atoms with Crippen LogP contribution in [0.5, 0.6) is 0 Å². The Morgan fingerprint density at radius 1 is 1.06 bits per heavy atom. The van der Waals surface area contributed by atoms with Crippen LogP contribution < -0.4 is 11.1 Å². The summed E-state index contributed by atoms with van der Waals surface area (Å²) in [6.07, 6.45) is 0. The van der Waals surface area contributed by atoms with Crippen LogP contribution in [0.25, 0.3) is 10.4 Å². The molecule has 0 saturated heterocycles. The van der Waals surface area contributed by atoms with Crippen molar-refractivity contribution in [2.75, 3.05) is 19.4 Å². The minimum absolute atomic E-state index is 0.0528. The number of hydrogen-bond donors (Lipinski definition) is 3. The molecule has 0 unspecified atom stereocenters. The van der Waals surface area contributed by atoms with Crippen molar-refractivity contribution in [1.82, 2.24) is 4.90 Å². The third-order valence-electron chi connectivity index (χ3n) is 4.80. The lowest BCUT2D eigenvalue weighted by Crippen LogP contribution is -2.21. The number of amides is 2. The second-order valence-corrected chi connectivity index (χ2v) is 9.02. The lowest BCUT2D eigenvalue weighted by atomic mass is 9.95. The van der Waals surface area contributed by atoms with Crippen LogP contribution in [0.2, 0.25) is 0 Å². The molecule has 4 N–H and O–H groups in total. The van der Waals surface area contributed by atoms with Gasteiger partial charge in [-0.15, -0.1) is 11.3 Å². The predicted molar refractivity (Wildman–Crippen MR) is 121 cm³/mol. The Kier molecular flexibility index (Phi) is 6.34. The van der Waals surface area contributed by atoms with Gasteiger partial charge in [0.05, 0.1) is 11.2 Å². The van der Waals surface area contributed by atoms with Crippen LogP contribution in [0.4, 0.5) is 19.5 Å². The monoisotopic (exact) mass is 459 g/mol. The standard InChI is InChI=1S/C23H23F2N3O3S/c1-23(2,31)16-10-9-14(18(24)19(16)25)17-11-15(20(26)29)21(32-17)27-13-7-5-12(6-8-13)22(30)28(3)4/h5-11,27,31H,1-4H3,(H2,26,29). The molecule has 0 saturated carbocycles. The summed E-state index contributed by atoms with van der Waals surface area (Å²) >= 11 is 1.03. The van der Waals surface area contributed by atoms with Crippen molar-refractivity contribution in [1.29, 1.82) is 0 Å². The van der Waals surface area contributed by atoms with Gasteiger partial charge in [-0.2, -0.15) is 0 Å². The smallest absolute Gasteiger partial charge is 0.253 e. The number of benzene rings is 2. The quantitative estimate of drug-likeness (QED) is 0.507. The van der Waals surface area contributed by atoms with Gasteiger partial charge in [-0.1, -0.05) is 12.1 Å². The van der Waals surface area contributed by atoms with E-state index in [0.29, 0.717) is 21.1 Å². The molecule has 0 atom stereocenters. The van der Waals surface area contributed by atoms with Crippen molar-refractivity contribution in [3.8, 4) is 10.4 Å². The van der Waals surface area contributed by atoms with Crippen LogP contribution in [0.1, 0.15) is 40.1 Å². The molecule has 1 aromatic heterocycles. The van der Waals surface area contributed by atoms with Crippen LogP contribution in [0.3, 0.4) is 0 Å². The molecule has 0 bridgehead atoms. The van der Waals surface area contributed by atoms with Gasteiger partial charge in [-0.3, -0.25) is 9.59 Å². The maximum absolute atomic E-state index is 14.8. The summed E-state index contributed by atoms with van der Waals surface area (Å²) in [5.41, 5.74) is 4.90. The molecule has 6 nitrogen and oxygen atoms in total. The Bertz CT molecular complexity index is 1180. The second-order valence-electron chi connectivity index (χ2n) is 7.97. The number of carbonyl (C=O) groups is 2. The minimum Gasteiger partial charge on any atom is -0.386 e. The molecule has 0 radical (unpaired) electrons. The van der Waals surface area contributed by atoms with E-state index in [9.17, 15) is 23.5 Å². The Balaban J connectivity index is 1.97. The number of halogens is 2. The molecule has 9 heteroatoms. The summed E-state index contributed by atoms with van der Waals surface area (Å²) in [7, 11) is 3.30. The largest absolute Gasteiger partial charge is 0.386 e. The summed E-state index contributed by atoms with van der Waals surface area (Å²) in [5.74, 6) is -3.16. The van der Waals surface area contributed by atoms with Crippen molar-refractivity contribution in [2.45, 2.75) is 19.4 Å². The van der Waals surface area contributed by atoms with Crippen LogP contribution >= 0.6 is 11.3 Å². The first-order valence-electron chi connectivity index (χ1n) is 9.63. The van der Waals surface area contributed by atoms with E-state index in [4.69, 9.17) is 5.73 Å². The van der Waals surface area contributed by atoms with E-state index in [1.54, 1.807) is 38.4 Å². The van der Waals surface area contributed by atoms with Crippen molar-refractivity contribution >= 4 is 33.8 Å². The van der Waals surface area contributed by atoms with E-state index >= 15 is 0 Å². The molecule has 1 heterocycles. The van der Waals surface area contributed by atoms with E-state index < -0.39 is 23.1 Å². The Morgan fingerprint density at radius 3 is 2.22 bits per heavy atom. The highest BCUT2D eigenvalue weighted by molar-refractivity contribution is 7.20. The van der Waals surface area contributed by atoms with E-state index in [0.717, 1.165) is 11.3 Å². The Morgan fingerprint density at radius 2 is 1.69 bits per heavy atom. The first-order chi connectivity index (χ1) is 14.9. The van der Waals surface area contributed by atoms with Gasteiger partial charge in [0.25, 0.3) is 11.8 Å². The van der Waals surface area contributed by atoms with E-state index in [-0.39, 0.29) is 22.6 Å². The molecular formula is C23H23F2N3O3S.